The van der Waals surface area contributed by atoms with E-state index in [0.29, 0.717) is 11.3 Å². The smallest absolute Gasteiger partial charge is 0.300 e. The number of Topliss-reactive ketones (excluding diaryl/α,β-unsaturated/α-hetero) is 1. The van der Waals surface area contributed by atoms with Crippen LogP contribution < -0.4 is 0 Å². The highest BCUT2D eigenvalue weighted by molar-refractivity contribution is 7.74. The Labute approximate surface area is 102 Å². The van der Waals surface area contributed by atoms with Gasteiger partial charge in [0.2, 0.25) is 0 Å². The number of ketones is 1. The fourth-order valence-corrected chi connectivity index (χ4v) is 1.48. The topological polar surface area (TPSA) is 76.0 Å². The number of hydrogen-bond donors (Lipinski definition) is 1. The molecule has 1 aromatic carbocycles. The predicted molar refractivity (Wildman–Crippen MR) is 64.9 cm³/mol. The Morgan fingerprint density at radius 1 is 1.53 bits per heavy atom. The average molecular weight is 255 g/mol. The minimum atomic E-state index is -2.48. The second kappa shape index (κ2) is 6.27. The number of aryl methyl sites for hydroxylation is 1. The number of hydrogen-bond acceptors (Lipinski definition) is 4. The van der Waals surface area contributed by atoms with Crippen molar-refractivity contribution < 1.29 is 17.8 Å². The van der Waals surface area contributed by atoms with Crippen LogP contribution in [0.4, 0.5) is 0 Å². The van der Waals surface area contributed by atoms with Crippen molar-refractivity contribution in [3.8, 4) is 0 Å². The standard InChI is InChI=1S/C11H13NO4S/c1-8-4-3-5-10(6-8)11(7-9(2)13)12-16-17(14)15/h3-6H,7H2,1-2H3,(H,14,15). The van der Waals surface area contributed by atoms with Gasteiger partial charge in [0.15, 0.2) is 0 Å². The molecular weight excluding hydrogens is 242 g/mol. The minimum Gasteiger partial charge on any atom is -0.300 e. The van der Waals surface area contributed by atoms with Gasteiger partial charge < -0.3 is 0 Å². The molecule has 1 rings (SSSR count). The van der Waals surface area contributed by atoms with Crippen LogP contribution in [0.25, 0.3) is 0 Å². The molecule has 1 N–H and O–H groups in total. The summed E-state index contributed by atoms with van der Waals surface area (Å²) >= 11 is -2.48. The third-order valence-corrected chi connectivity index (χ3v) is 2.18. The largest absolute Gasteiger partial charge is 0.378 e. The van der Waals surface area contributed by atoms with Gasteiger partial charge in [-0.15, -0.1) is 0 Å². The summed E-state index contributed by atoms with van der Waals surface area (Å²) in [6, 6.07) is 7.31. The second-order valence-corrected chi connectivity index (χ2v) is 4.16. The molecule has 0 aliphatic heterocycles. The SMILES string of the molecule is CC(=O)CC(=NOS(=O)O)c1cccc(C)c1. The van der Waals surface area contributed by atoms with Crippen LogP contribution in [0.5, 0.6) is 0 Å². The zero-order chi connectivity index (χ0) is 12.8. The molecule has 92 valence electrons. The van der Waals surface area contributed by atoms with Gasteiger partial charge in [0.1, 0.15) is 5.78 Å². The van der Waals surface area contributed by atoms with Crippen molar-refractivity contribution >= 4 is 22.9 Å². The van der Waals surface area contributed by atoms with E-state index in [4.69, 9.17) is 4.55 Å². The summed E-state index contributed by atoms with van der Waals surface area (Å²) in [6.45, 7) is 3.32. The molecule has 1 unspecified atom stereocenters. The van der Waals surface area contributed by atoms with Crippen LogP contribution in [0.1, 0.15) is 24.5 Å². The van der Waals surface area contributed by atoms with Crippen molar-refractivity contribution in [2.75, 3.05) is 0 Å². The molecule has 0 spiro atoms. The Balaban J connectivity index is 3.01. The van der Waals surface area contributed by atoms with Crippen LogP contribution in [0, 0.1) is 6.92 Å². The first-order chi connectivity index (χ1) is 7.99. The molecule has 0 radical (unpaired) electrons. The van der Waals surface area contributed by atoms with E-state index in [1.54, 1.807) is 6.07 Å². The van der Waals surface area contributed by atoms with Crippen molar-refractivity contribution in [3.05, 3.63) is 35.4 Å². The number of rotatable bonds is 5. The van der Waals surface area contributed by atoms with Gasteiger partial charge in [-0.25, -0.2) is 0 Å². The maximum absolute atomic E-state index is 11.1. The van der Waals surface area contributed by atoms with Gasteiger partial charge in [0.25, 0.3) is 0 Å². The van der Waals surface area contributed by atoms with Crippen molar-refractivity contribution in [3.63, 3.8) is 0 Å². The molecule has 5 nitrogen and oxygen atoms in total. The maximum atomic E-state index is 11.1. The Morgan fingerprint density at radius 2 is 2.24 bits per heavy atom. The molecule has 0 aliphatic rings. The summed E-state index contributed by atoms with van der Waals surface area (Å²) < 4.78 is 23.1. The van der Waals surface area contributed by atoms with E-state index < -0.39 is 11.4 Å². The van der Waals surface area contributed by atoms with E-state index in [1.165, 1.54) is 6.92 Å². The molecule has 0 saturated heterocycles. The van der Waals surface area contributed by atoms with E-state index in [1.807, 2.05) is 25.1 Å². The molecule has 0 saturated carbocycles. The van der Waals surface area contributed by atoms with Gasteiger partial charge in [-0.1, -0.05) is 35.0 Å². The third kappa shape index (κ3) is 4.88. The highest BCUT2D eigenvalue weighted by atomic mass is 32.2. The highest BCUT2D eigenvalue weighted by Gasteiger charge is 2.08. The minimum absolute atomic E-state index is 0.0562. The van der Waals surface area contributed by atoms with Crippen molar-refractivity contribution in [1.29, 1.82) is 0 Å². The van der Waals surface area contributed by atoms with Gasteiger partial charge in [0.05, 0.1) is 12.1 Å². The summed E-state index contributed by atoms with van der Waals surface area (Å²) in [7, 11) is 0. The molecule has 1 atom stereocenters. The fourth-order valence-electron chi connectivity index (χ4n) is 1.32. The Kier molecular flexibility index (Phi) is 4.99. The van der Waals surface area contributed by atoms with Crippen LogP contribution in [0.15, 0.2) is 29.4 Å². The maximum Gasteiger partial charge on any atom is 0.378 e. The number of carbonyl (C=O) groups is 1. The van der Waals surface area contributed by atoms with E-state index >= 15 is 0 Å². The summed E-state index contributed by atoms with van der Waals surface area (Å²) in [5.74, 6) is -0.0995. The molecule has 0 aromatic heterocycles. The van der Waals surface area contributed by atoms with Gasteiger partial charge >= 0.3 is 11.4 Å². The van der Waals surface area contributed by atoms with E-state index in [2.05, 4.69) is 9.44 Å². The first-order valence-corrected chi connectivity index (χ1v) is 5.94. The van der Waals surface area contributed by atoms with E-state index in [0.717, 1.165) is 5.56 Å². The molecule has 17 heavy (non-hydrogen) atoms. The van der Waals surface area contributed by atoms with E-state index in [9.17, 15) is 9.00 Å². The lowest BCUT2D eigenvalue weighted by molar-refractivity contribution is -0.115. The van der Waals surface area contributed by atoms with Crippen molar-refractivity contribution in [2.45, 2.75) is 20.3 Å². The summed E-state index contributed by atoms with van der Waals surface area (Å²) in [5, 5.41) is 3.52. The average Bonchev–Trinajstić information content (AvgIpc) is 2.23. The predicted octanol–water partition coefficient (Wildman–Crippen LogP) is 1.83. The molecule has 1 aromatic rings. The lowest BCUT2D eigenvalue weighted by atomic mass is 10.0. The normalized spacial score (nSPS) is 13.2. The number of oxime groups is 1. The lowest BCUT2D eigenvalue weighted by Crippen LogP contribution is -2.08. The van der Waals surface area contributed by atoms with Crippen molar-refractivity contribution in [2.24, 2.45) is 5.16 Å². The molecular formula is C11H13NO4S. The lowest BCUT2D eigenvalue weighted by Gasteiger charge is -2.04. The monoisotopic (exact) mass is 255 g/mol. The van der Waals surface area contributed by atoms with E-state index in [-0.39, 0.29) is 12.2 Å². The zero-order valence-corrected chi connectivity index (χ0v) is 10.4. The quantitative estimate of drug-likeness (QED) is 0.494. The summed E-state index contributed by atoms with van der Waals surface area (Å²) in [5.41, 5.74) is 2.04. The van der Waals surface area contributed by atoms with Crippen LogP contribution in [-0.2, 0) is 20.4 Å². The summed E-state index contributed by atoms with van der Waals surface area (Å²) in [6.07, 6.45) is 0.0562. The zero-order valence-electron chi connectivity index (χ0n) is 9.54. The van der Waals surface area contributed by atoms with Gasteiger partial charge in [0, 0.05) is 5.56 Å². The molecule has 0 aliphatic carbocycles. The third-order valence-electron chi connectivity index (χ3n) is 1.98. The van der Waals surface area contributed by atoms with Crippen molar-refractivity contribution in [1.82, 2.24) is 0 Å². The number of carbonyl (C=O) groups excluding carboxylic acids is 1. The Morgan fingerprint density at radius 3 is 2.76 bits per heavy atom. The van der Waals surface area contributed by atoms with Crippen LogP contribution in [0.3, 0.4) is 0 Å². The molecule has 0 fully saturated rings. The molecule has 0 amide bonds. The highest BCUT2D eigenvalue weighted by Crippen LogP contribution is 2.09. The Bertz CT molecular complexity index is 470. The second-order valence-electron chi connectivity index (χ2n) is 3.58. The molecule has 6 heteroatoms. The molecule has 0 bridgehead atoms. The first-order valence-electron chi connectivity index (χ1n) is 4.90. The van der Waals surface area contributed by atoms with Gasteiger partial charge in [-0.2, -0.15) is 4.21 Å². The first kappa shape index (κ1) is 13.5. The fraction of sp³-hybridized carbons (Fsp3) is 0.273. The summed E-state index contributed by atoms with van der Waals surface area (Å²) in [4.78, 5) is 11.1. The van der Waals surface area contributed by atoms with Crippen LogP contribution >= 0.6 is 0 Å². The molecule has 0 heterocycles. The number of benzene rings is 1. The van der Waals surface area contributed by atoms with Crippen LogP contribution in [-0.4, -0.2) is 20.3 Å². The van der Waals surface area contributed by atoms with Gasteiger partial charge in [-0.3, -0.25) is 13.6 Å². The van der Waals surface area contributed by atoms with Crippen LogP contribution in [0.2, 0.25) is 0 Å². The number of nitrogens with zero attached hydrogens (tertiary/aromatic N) is 1. The Hall–Kier alpha value is -1.53. The van der Waals surface area contributed by atoms with Gasteiger partial charge in [-0.05, 0) is 13.8 Å².